The third-order valence-electron chi connectivity index (χ3n) is 3.96. The van der Waals surface area contributed by atoms with Crippen molar-refractivity contribution in [3.8, 4) is 10.8 Å². The molecule has 8 heteroatoms. The van der Waals surface area contributed by atoms with Gasteiger partial charge in [-0.15, -0.1) is 11.3 Å². The summed E-state index contributed by atoms with van der Waals surface area (Å²) in [5, 5.41) is 21.9. The van der Waals surface area contributed by atoms with Crippen LogP contribution in [0.1, 0.15) is 21.6 Å². The molecular weight excluding hydrogens is 366 g/mol. The Hall–Kier alpha value is -2.51. The predicted molar refractivity (Wildman–Crippen MR) is 95.3 cm³/mol. The third-order valence-corrected chi connectivity index (χ3v) is 5.15. The molecular formula is C17H14ClNO5S. The molecule has 3 rings (SSSR count). The number of ether oxygens (including phenoxy) is 1. The molecule has 2 heterocycles. The third kappa shape index (κ3) is 2.96. The molecule has 2 aromatic heterocycles. The molecule has 0 amide bonds. The van der Waals surface area contributed by atoms with Gasteiger partial charge in [-0.25, -0.2) is 0 Å². The maximum atomic E-state index is 13.0. The summed E-state index contributed by atoms with van der Waals surface area (Å²) in [5.41, 5.74) is 1.83. The summed E-state index contributed by atoms with van der Waals surface area (Å²) in [4.78, 5) is 24.2. The largest absolute Gasteiger partial charge is 0.506 e. The topological polar surface area (TPSA) is 88.8 Å². The average molecular weight is 380 g/mol. The van der Waals surface area contributed by atoms with E-state index in [4.69, 9.17) is 16.3 Å². The van der Waals surface area contributed by atoms with Gasteiger partial charge in [0.1, 0.15) is 5.75 Å². The molecule has 0 spiro atoms. The van der Waals surface area contributed by atoms with Gasteiger partial charge >= 0.3 is 5.97 Å². The van der Waals surface area contributed by atoms with E-state index in [9.17, 15) is 19.8 Å². The zero-order chi connectivity index (χ0) is 18.3. The van der Waals surface area contributed by atoms with Crippen molar-refractivity contribution in [1.82, 2.24) is 4.57 Å². The van der Waals surface area contributed by atoms with Gasteiger partial charge in [0.25, 0.3) is 5.91 Å². The fraction of sp³-hybridized carbons (Fsp3) is 0.176. The number of nitrogens with zero attached hydrogens (tertiary/aromatic N) is 1. The average Bonchev–Trinajstić information content (AvgIpc) is 3.12. The first kappa shape index (κ1) is 17.3. The molecule has 1 aromatic carbocycles. The molecule has 0 bridgehead atoms. The highest BCUT2D eigenvalue weighted by Gasteiger charge is 2.23. The Morgan fingerprint density at radius 1 is 1.32 bits per heavy atom. The molecule has 0 atom stereocenters. The fourth-order valence-electron chi connectivity index (χ4n) is 2.79. The minimum atomic E-state index is -1.03. The maximum Gasteiger partial charge on any atom is 0.307 e. The molecule has 3 aromatic rings. The Kier molecular flexibility index (Phi) is 4.45. The van der Waals surface area contributed by atoms with Gasteiger partial charge in [-0.1, -0.05) is 11.6 Å². The van der Waals surface area contributed by atoms with E-state index in [0.29, 0.717) is 32.8 Å². The zero-order valence-electron chi connectivity index (χ0n) is 13.4. The molecule has 6 nitrogen and oxygen atoms in total. The SMILES string of the molecule is COc1cc(C(=O)n2c(C)c(CC(=O)O)c3cc(O)c(Cl)cc32)cs1. The number of fused-ring (bicyclic) bond motifs is 1. The number of aromatic hydroxyl groups is 1. The molecule has 0 aliphatic heterocycles. The van der Waals surface area contributed by atoms with Crippen LogP contribution in [0.15, 0.2) is 23.6 Å². The summed E-state index contributed by atoms with van der Waals surface area (Å²) >= 11 is 7.29. The Labute approximate surface area is 151 Å². The summed E-state index contributed by atoms with van der Waals surface area (Å²) < 4.78 is 6.53. The fourth-order valence-corrected chi connectivity index (χ4v) is 3.65. The van der Waals surface area contributed by atoms with Gasteiger partial charge in [-0.3, -0.25) is 14.2 Å². The van der Waals surface area contributed by atoms with E-state index in [2.05, 4.69) is 0 Å². The first-order chi connectivity index (χ1) is 11.8. The molecule has 0 fully saturated rings. The molecule has 0 saturated carbocycles. The number of benzene rings is 1. The van der Waals surface area contributed by atoms with Gasteiger partial charge in [0.2, 0.25) is 0 Å². The van der Waals surface area contributed by atoms with Crippen LogP contribution in [-0.2, 0) is 11.2 Å². The van der Waals surface area contributed by atoms with Crippen molar-refractivity contribution in [3.63, 3.8) is 0 Å². The second kappa shape index (κ2) is 6.42. The number of carboxylic acids is 1. The number of carbonyl (C=O) groups is 2. The molecule has 0 unspecified atom stereocenters. The normalized spacial score (nSPS) is 11.0. The number of aliphatic carboxylic acids is 1. The van der Waals surface area contributed by atoms with Crippen molar-refractivity contribution in [2.24, 2.45) is 0 Å². The minimum absolute atomic E-state index is 0.0869. The number of aromatic nitrogens is 1. The Morgan fingerprint density at radius 2 is 2.04 bits per heavy atom. The van der Waals surface area contributed by atoms with Crippen LogP contribution in [-0.4, -0.2) is 33.8 Å². The van der Waals surface area contributed by atoms with E-state index in [1.165, 1.54) is 35.1 Å². The van der Waals surface area contributed by atoms with Crippen molar-refractivity contribution in [2.75, 3.05) is 7.11 Å². The molecule has 0 radical (unpaired) electrons. The molecule has 130 valence electrons. The molecule has 0 aliphatic carbocycles. The van der Waals surface area contributed by atoms with Crippen molar-refractivity contribution in [2.45, 2.75) is 13.3 Å². The van der Waals surface area contributed by atoms with Crippen LogP contribution < -0.4 is 4.74 Å². The van der Waals surface area contributed by atoms with E-state index < -0.39 is 5.97 Å². The summed E-state index contributed by atoms with van der Waals surface area (Å²) in [7, 11) is 1.52. The van der Waals surface area contributed by atoms with Crippen molar-refractivity contribution < 1.29 is 24.5 Å². The van der Waals surface area contributed by atoms with Gasteiger partial charge in [0, 0.05) is 22.5 Å². The monoisotopic (exact) mass is 379 g/mol. The Bertz CT molecular complexity index is 1000. The van der Waals surface area contributed by atoms with Crippen molar-refractivity contribution >= 4 is 45.7 Å². The molecule has 0 aliphatic rings. The van der Waals surface area contributed by atoms with E-state index in [-0.39, 0.29) is 23.1 Å². The van der Waals surface area contributed by atoms with Gasteiger partial charge in [-0.05, 0) is 24.6 Å². The number of halogens is 1. The van der Waals surface area contributed by atoms with Crippen LogP contribution in [0.25, 0.3) is 10.9 Å². The molecule has 2 N–H and O–H groups in total. The Morgan fingerprint density at radius 3 is 2.64 bits per heavy atom. The Balaban J connectivity index is 2.26. The van der Waals surface area contributed by atoms with Crippen molar-refractivity contribution in [1.29, 1.82) is 0 Å². The minimum Gasteiger partial charge on any atom is -0.506 e. The number of carbonyl (C=O) groups excluding carboxylic acids is 1. The van der Waals surface area contributed by atoms with Crippen LogP contribution in [0.2, 0.25) is 5.02 Å². The lowest BCUT2D eigenvalue weighted by Crippen LogP contribution is -2.13. The first-order valence-corrected chi connectivity index (χ1v) is 8.50. The lowest BCUT2D eigenvalue weighted by Gasteiger charge is -2.06. The molecule has 25 heavy (non-hydrogen) atoms. The van der Waals surface area contributed by atoms with E-state index >= 15 is 0 Å². The summed E-state index contributed by atoms with van der Waals surface area (Å²) in [5.74, 6) is -1.51. The summed E-state index contributed by atoms with van der Waals surface area (Å²) in [6, 6.07) is 4.48. The number of hydrogen-bond donors (Lipinski definition) is 2. The zero-order valence-corrected chi connectivity index (χ0v) is 14.9. The number of methoxy groups -OCH3 is 1. The van der Waals surface area contributed by atoms with Crippen molar-refractivity contribution in [3.05, 3.63) is 45.4 Å². The highest BCUT2D eigenvalue weighted by atomic mass is 35.5. The van der Waals surface area contributed by atoms with Crippen LogP contribution in [0.4, 0.5) is 0 Å². The van der Waals surface area contributed by atoms with Gasteiger partial charge in [-0.2, -0.15) is 0 Å². The smallest absolute Gasteiger partial charge is 0.307 e. The first-order valence-electron chi connectivity index (χ1n) is 7.25. The number of hydrogen-bond acceptors (Lipinski definition) is 5. The van der Waals surface area contributed by atoms with E-state index in [1.807, 2.05) is 0 Å². The lowest BCUT2D eigenvalue weighted by atomic mass is 10.1. The number of phenolic OH excluding ortho intramolecular Hbond substituents is 1. The van der Waals surface area contributed by atoms with Gasteiger partial charge in [0.15, 0.2) is 5.06 Å². The summed E-state index contributed by atoms with van der Waals surface area (Å²) in [6.45, 7) is 1.67. The van der Waals surface area contributed by atoms with Crippen LogP contribution in [0.3, 0.4) is 0 Å². The van der Waals surface area contributed by atoms with Crippen LogP contribution in [0, 0.1) is 6.92 Å². The number of phenols is 1. The van der Waals surface area contributed by atoms with E-state index in [0.717, 1.165) is 0 Å². The van der Waals surface area contributed by atoms with Gasteiger partial charge < -0.3 is 14.9 Å². The second-order valence-corrected chi connectivity index (χ2v) is 6.74. The predicted octanol–water partition coefficient (Wildman–Crippen LogP) is 3.69. The number of carboxylic acid groups (broad SMARTS) is 1. The highest BCUT2D eigenvalue weighted by molar-refractivity contribution is 7.12. The second-order valence-electron chi connectivity index (χ2n) is 5.45. The lowest BCUT2D eigenvalue weighted by molar-refractivity contribution is -0.136. The number of rotatable bonds is 4. The van der Waals surface area contributed by atoms with E-state index in [1.54, 1.807) is 18.4 Å². The molecule has 0 saturated heterocycles. The summed E-state index contributed by atoms with van der Waals surface area (Å²) in [6.07, 6.45) is -0.267. The van der Waals surface area contributed by atoms with Gasteiger partial charge in [0.05, 0.1) is 29.6 Å². The quantitative estimate of drug-likeness (QED) is 0.721. The number of thiophene rings is 1. The van der Waals surface area contributed by atoms with Crippen LogP contribution >= 0.6 is 22.9 Å². The standard InChI is InChI=1S/C17H14ClNO5S/c1-8-10(5-15(21)22)11-4-14(20)12(18)6-13(11)19(8)17(23)9-3-16(24-2)25-7-9/h3-4,6-7,20H,5H2,1-2H3,(H,21,22). The maximum absolute atomic E-state index is 13.0. The highest BCUT2D eigenvalue weighted by Crippen LogP contribution is 2.35. The van der Waals surface area contributed by atoms with Crippen LogP contribution in [0.5, 0.6) is 10.8 Å².